The lowest BCUT2D eigenvalue weighted by Gasteiger charge is -2.47. The summed E-state index contributed by atoms with van der Waals surface area (Å²) >= 11 is 0. The van der Waals surface area contributed by atoms with Crippen LogP contribution in [0.4, 0.5) is 0 Å². The van der Waals surface area contributed by atoms with Crippen molar-refractivity contribution in [3.05, 3.63) is 65.4 Å². The van der Waals surface area contributed by atoms with Gasteiger partial charge < -0.3 is 9.88 Å². The van der Waals surface area contributed by atoms with E-state index in [0.29, 0.717) is 23.0 Å². The lowest BCUT2D eigenvalue weighted by Crippen LogP contribution is -2.50. The number of sulfone groups is 1. The molecule has 1 aliphatic heterocycles. The van der Waals surface area contributed by atoms with Crippen molar-refractivity contribution in [2.24, 2.45) is 0 Å². The largest absolute Gasteiger partial charge is 0.348 e. The van der Waals surface area contributed by atoms with Crippen molar-refractivity contribution in [1.82, 2.24) is 14.8 Å². The third kappa shape index (κ3) is 5.69. The molecular weight excluding hydrogens is 494 g/mol. The lowest BCUT2D eigenvalue weighted by atomic mass is 9.82. The molecule has 1 N–H and O–H groups in total. The van der Waals surface area contributed by atoms with E-state index in [4.69, 9.17) is 0 Å². The summed E-state index contributed by atoms with van der Waals surface area (Å²) in [6, 6.07) is 15.3. The zero-order chi connectivity index (χ0) is 27.5. The first-order valence-electron chi connectivity index (χ1n) is 14.1. The van der Waals surface area contributed by atoms with E-state index in [2.05, 4.69) is 54.6 Å². The Hall–Kier alpha value is -2.64. The number of fused-ring (bicyclic) bond motifs is 1. The molecule has 7 heteroatoms. The van der Waals surface area contributed by atoms with Crippen molar-refractivity contribution in [3.63, 3.8) is 0 Å². The maximum atomic E-state index is 13.0. The number of hydrogen-bond donors (Lipinski definition) is 1. The van der Waals surface area contributed by atoms with Gasteiger partial charge >= 0.3 is 0 Å². The molecule has 0 unspecified atom stereocenters. The summed E-state index contributed by atoms with van der Waals surface area (Å²) < 4.78 is 26.5. The summed E-state index contributed by atoms with van der Waals surface area (Å²) in [6.07, 6.45) is 6.18. The molecule has 6 nitrogen and oxygen atoms in total. The van der Waals surface area contributed by atoms with Gasteiger partial charge in [0.25, 0.3) is 5.91 Å². The Morgan fingerprint density at radius 3 is 2.34 bits per heavy atom. The number of nitrogens with one attached hydrogen (secondary N) is 1. The second-order valence-electron chi connectivity index (χ2n) is 10.9. The van der Waals surface area contributed by atoms with Crippen molar-refractivity contribution in [2.75, 3.05) is 12.3 Å². The molecule has 38 heavy (non-hydrogen) atoms. The highest BCUT2D eigenvalue weighted by molar-refractivity contribution is 7.91. The molecule has 1 aromatic heterocycles. The zero-order valence-electron chi connectivity index (χ0n) is 23.6. The van der Waals surface area contributed by atoms with Crippen LogP contribution in [0.25, 0.3) is 10.9 Å². The van der Waals surface area contributed by atoms with Gasteiger partial charge in [-0.15, -0.1) is 0 Å². The van der Waals surface area contributed by atoms with E-state index in [9.17, 15) is 13.2 Å². The van der Waals surface area contributed by atoms with Gasteiger partial charge in [-0.3, -0.25) is 9.69 Å². The molecule has 3 aromatic rings. The van der Waals surface area contributed by atoms with Crippen LogP contribution in [0.3, 0.4) is 0 Å². The molecule has 206 valence electrons. The third-order valence-electron chi connectivity index (χ3n) is 8.47. The Labute approximate surface area is 228 Å². The zero-order valence-corrected chi connectivity index (χ0v) is 24.4. The molecule has 0 atom stereocenters. The van der Waals surface area contributed by atoms with Crippen LogP contribution in [0.2, 0.25) is 0 Å². The molecule has 1 amide bonds. The number of hydrogen-bond acceptors (Lipinski definition) is 4. The van der Waals surface area contributed by atoms with Crippen molar-refractivity contribution in [1.29, 1.82) is 0 Å². The number of piperidine rings is 1. The van der Waals surface area contributed by atoms with Crippen LogP contribution in [0.1, 0.15) is 94.4 Å². The molecular formula is C31H43N3O3S. The molecule has 0 bridgehead atoms. The van der Waals surface area contributed by atoms with Gasteiger partial charge in [-0.05, 0) is 88.0 Å². The standard InChI is InChI=1S/C31H43N3O3S/c1-6-31(7-2)17-9-10-18-33(31)22-27-20-26-19-25(13-16-29(26)34(27)23(4)5)30(35)32-21-24-11-14-28(15-12-24)38(36,37)8-3/h11-16,19-20,23H,6-10,17-18,21-22H2,1-5H3,(H,32,35). The second kappa shape index (κ2) is 11.6. The van der Waals surface area contributed by atoms with Gasteiger partial charge in [0.05, 0.1) is 10.6 Å². The minimum absolute atomic E-state index is 0.0713. The van der Waals surface area contributed by atoms with Crippen molar-refractivity contribution >= 4 is 26.6 Å². The average molecular weight is 538 g/mol. The van der Waals surface area contributed by atoms with E-state index in [1.807, 2.05) is 12.1 Å². The monoisotopic (exact) mass is 537 g/mol. The fraction of sp³-hybridized carbons (Fsp3) is 0.516. The van der Waals surface area contributed by atoms with Gasteiger partial charge in [-0.1, -0.05) is 39.3 Å². The van der Waals surface area contributed by atoms with Gasteiger partial charge in [-0.2, -0.15) is 0 Å². The highest BCUT2D eigenvalue weighted by Gasteiger charge is 2.36. The first-order chi connectivity index (χ1) is 18.1. The summed E-state index contributed by atoms with van der Waals surface area (Å²) in [7, 11) is -3.23. The maximum absolute atomic E-state index is 13.0. The predicted octanol–water partition coefficient (Wildman–Crippen LogP) is 6.49. The number of likely N-dealkylation sites (tertiary alicyclic amines) is 1. The van der Waals surface area contributed by atoms with E-state index in [1.165, 1.54) is 37.8 Å². The van der Waals surface area contributed by atoms with Gasteiger partial charge in [-0.25, -0.2) is 8.42 Å². The molecule has 0 aliphatic carbocycles. The number of aromatic nitrogens is 1. The lowest BCUT2D eigenvalue weighted by molar-refractivity contribution is 0.0295. The maximum Gasteiger partial charge on any atom is 0.251 e. The van der Waals surface area contributed by atoms with Crippen LogP contribution in [0, 0.1) is 0 Å². The van der Waals surface area contributed by atoms with Crippen LogP contribution < -0.4 is 5.32 Å². The number of carbonyl (C=O) groups excluding carboxylic acids is 1. The topological polar surface area (TPSA) is 71.4 Å². The number of carbonyl (C=O) groups is 1. The molecule has 1 fully saturated rings. The van der Waals surface area contributed by atoms with E-state index in [1.54, 1.807) is 31.2 Å². The Bertz CT molecular complexity index is 1370. The highest BCUT2D eigenvalue weighted by Crippen LogP contribution is 2.36. The van der Waals surface area contributed by atoms with Gasteiger partial charge in [0, 0.05) is 46.8 Å². The summed E-state index contributed by atoms with van der Waals surface area (Å²) in [5.74, 6) is -0.0647. The number of benzene rings is 2. The van der Waals surface area contributed by atoms with E-state index >= 15 is 0 Å². The molecule has 2 aromatic carbocycles. The van der Waals surface area contributed by atoms with Crippen LogP contribution >= 0.6 is 0 Å². The van der Waals surface area contributed by atoms with Crippen LogP contribution in [0.5, 0.6) is 0 Å². The highest BCUT2D eigenvalue weighted by atomic mass is 32.2. The average Bonchev–Trinajstić information content (AvgIpc) is 3.29. The Kier molecular flexibility index (Phi) is 8.68. The Morgan fingerprint density at radius 2 is 1.71 bits per heavy atom. The molecule has 2 heterocycles. The fourth-order valence-corrected chi connectivity index (χ4v) is 6.96. The van der Waals surface area contributed by atoms with E-state index < -0.39 is 9.84 Å². The smallest absolute Gasteiger partial charge is 0.251 e. The van der Waals surface area contributed by atoms with E-state index in [-0.39, 0.29) is 17.2 Å². The minimum Gasteiger partial charge on any atom is -0.348 e. The summed E-state index contributed by atoms with van der Waals surface area (Å²) in [4.78, 5) is 16.0. The fourth-order valence-electron chi connectivity index (χ4n) is 6.08. The number of rotatable bonds is 10. The normalized spacial score (nSPS) is 16.3. The van der Waals surface area contributed by atoms with Crippen LogP contribution in [-0.2, 0) is 22.9 Å². The number of amides is 1. The Morgan fingerprint density at radius 1 is 1.00 bits per heavy atom. The number of nitrogens with zero attached hydrogens (tertiary/aromatic N) is 2. The quantitative estimate of drug-likeness (QED) is 0.321. The second-order valence-corrected chi connectivity index (χ2v) is 13.2. The predicted molar refractivity (Wildman–Crippen MR) is 155 cm³/mol. The third-order valence-corrected chi connectivity index (χ3v) is 10.2. The van der Waals surface area contributed by atoms with Gasteiger partial charge in [0.2, 0.25) is 0 Å². The Balaban J connectivity index is 1.53. The molecule has 0 spiro atoms. The van der Waals surface area contributed by atoms with Crippen molar-refractivity contribution < 1.29 is 13.2 Å². The first kappa shape index (κ1) is 28.4. The van der Waals surface area contributed by atoms with E-state index in [0.717, 1.165) is 29.6 Å². The molecule has 1 aliphatic rings. The van der Waals surface area contributed by atoms with Gasteiger partial charge in [0.15, 0.2) is 9.84 Å². The van der Waals surface area contributed by atoms with Crippen LogP contribution in [-0.4, -0.2) is 41.6 Å². The SMILES string of the molecule is CCC1(CC)CCCCN1Cc1cc2cc(C(=O)NCc3ccc(S(=O)(=O)CC)cc3)ccc2n1C(C)C. The summed E-state index contributed by atoms with van der Waals surface area (Å²) in [5, 5.41) is 4.07. The molecule has 0 radical (unpaired) electrons. The molecule has 0 saturated carbocycles. The van der Waals surface area contributed by atoms with Crippen molar-refractivity contribution in [2.45, 2.75) is 96.3 Å². The molecule has 4 rings (SSSR count). The van der Waals surface area contributed by atoms with Gasteiger partial charge in [0.1, 0.15) is 0 Å². The first-order valence-corrected chi connectivity index (χ1v) is 15.8. The minimum atomic E-state index is -3.23. The summed E-state index contributed by atoms with van der Waals surface area (Å²) in [5.41, 5.74) is 4.24. The summed E-state index contributed by atoms with van der Waals surface area (Å²) in [6.45, 7) is 13.1. The van der Waals surface area contributed by atoms with Crippen molar-refractivity contribution in [3.8, 4) is 0 Å². The molecule has 1 saturated heterocycles. The van der Waals surface area contributed by atoms with Crippen LogP contribution in [0.15, 0.2) is 53.4 Å².